The van der Waals surface area contributed by atoms with Gasteiger partial charge in [0.05, 0.1) is 20.1 Å². The van der Waals surface area contributed by atoms with Gasteiger partial charge in [0.15, 0.2) is 17.1 Å². The second kappa shape index (κ2) is 7.60. The number of nitrogens with one attached hydrogen (secondary N) is 1. The number of para-hydroxylation sites is 1. The summed E-state index contributed by atoms with van der Waals surface area (Å²) in [5.41, 5.74) is 1.04. The number of fused-ring (bicyclic) bond motifs is 4. The Balaban J connectivity index is 1.72. The first kappa shape index (κ1) is 21.0. The Kier molecular flexibility index (Phi) is 4.98. The van der Waals surface area contributed by atoms with Crippen molar-refractivity contribution >= 4 is 17.4 Å². The van der Waals surface area contributed by atoms with Gasteiger partial charge in [0, 0.05) is 36.3 Å². The van der Waals surface area contributed by atoms with Crippen LogP contribution in [-0.4, -0.2) is 49.0 Å². The molecule has 3 aliphatic rings. The standard InChI is InChI=1S/C25H28N2O5/c1-4-14-13-27-10-9-15-11-19(31-2)20(32-3)12-16(15)22(27)21(23(14)28)25(30)17-7-5-6-8-18(17)26-24(25)29/h5-8,11-12,14,21-22,30H,4,9-10,13H2,1-3H3,(H,26,29)/t14-,21+,22-,25-/m1/s1. The maximum absolute atomic E-state index is 13.8. The summed E-state index contributed by atoms with van der Waals surface area (Å²) in [4.78, 5) is 29.3. The third-order valence-corrected chi connectivity index (χ3v) is 7.38. The Morgan fingerprint density at radius 1 is 1.16 bits per heavy atom. The average Bonchev–Trinajstić information content (AvgIpc) is 3.07. The zero-order valence-electron chi connectivity index (χ0n) is 18.6. The van der Waals surface area contributed by atoms with E-state index in [4.69, 9.17) is 9.47 Å². The first-order valence-electron chi connectivity index (χ1n) is 11.1. The van der Waals surface area contributed by atoms with Crippen molar-refractivity contribution in [3.05, 3.63) is 53.1 Å². The molecule has 1 fully saturated rings. The number of Topliss-reactive ketones (excluding diaryl/α,β-unsaturated/α-hetero) is 1. The second-order valence-electron chi connectivity index (χ2n) is 8.85. The van der Waals surface area contributed by atoms with Gasteiger partial charge in [-0.05, 0) is 42.2 Å². The molecule has 0 aliphatic carbocycles. The SMILES string of the molecule is CC[C@@H]1CN2CCc3cc(OC)c(OC)cc3[C@@H]2[C@H]([C@@]2(O)C(=O)Nc3ccccc32)C1=O. The lowest BCUT2D eigenvalue weighted by Crippen LogP contribution is -2.59. The number of ketones is 1. The van der Waals surface area contributed by atoms with E-state index in [1.54, 1.807) is 32.4 Å². The zero-order valence-corrected chi connectivity index (χ0v) is 18.6. The van der Waals surface area contributed by atoms with Crippen LogP contribution in [0.5, 0.6) is 11.5 Å². The predicted octanol–water partition coefficient (Wildman–Crippen LogP) is 2.67. The van der Waals surface area contributed by atoms with Crippen molar-refractivity contribution in [3.8, 4) is 11.5 Å². The molecule has 7 nitrogen and oxygen atoms in total. The minimum atomic E-state index is -1.94. The van der Waals surface area contributed by atoms with E-state index in [1.807, 2.05) is 25.1 Å². The third kappa shape index (κ3) is 2.81. The Labute approximate surface area is 187 Å². The normalized spacial score (nSPS) is 29.1. The van der Waals surface area contributed by atoms with Crippen molar-refractivity contribution in [1.82, 2.24) is 4.90 Å². The molecule has 3 heterocycles. The van der Waals surface area contributed by atoms with Gasteiger partial charge in [-0.3, -0.25) is 14.5 Å². The van der Waals surface area contributed by atoms with Crippen LogP contribution in [0.1, 0.15) is 36.1 Å². The molecule has 1 amide bonds. The number of methoxy groups -OCH3 is 2. The van der Waals surface area contributed by atoms with Crippen molar-refractivity contribution in [2.24, 2.45) is 11.8 Å². The van der Waals surface area contributed by atoms with E-state index >= 15 is 0 Å². The zero-order chi connectivity index (χ0) is 22.6. The van der Waals surface area contributed by atoms with Gasteiger partial charge in [0.1, 0.15) is 5.78 Å². The van der Waals surface area contributed by atoms with Crippen LogP contribution in [0, 0.1) is 11.8 Å². The lowest BCUT2D eigenvalue weighted by molar-refractivity contribution is -0.162. The fourth-order valence-electron chi connectivity index (χ4n) is 5.74. The fourth-order valence-corrected chi connectivity index (χ4v) is 5.74. The van der Waals surface area contributed by atoms with Crippen molar-refractivity contribution in [2.45, 2.75) is 31.4 Å². The molecule has 32 heavy (non-hydrogen) atoms. The van der Waals surface area contributed by atoms with E-state index < -0.39 is 23.5 Å². The molecule has 3 aliphatic heterocycles. The van der Waals surface area contributed by atoms with Crippen LogP contribution in [0.25, 0.3) is 0 Å². The van der Waals surface area contributed by atoms with Gasteiger partial charge >= 0.3 is 0 Å². The van der Waals surface area contributed by atoms with E-state index in [0.29, 0.717) is 35.7 Å². The molecule has 7 heteroatoms. The molecule has 0 unspecified atom stereocenters. The van der Waals surface area contributed by atoms with Gasteiger partial charge in [-0.15, -0.1) is 0 Å². The van der Waals surface area contributed by atoms with Crippen LogP contribution in [0.3, 0.4) is 0 Å². The van der Waals surface area contributed by atoms with Crippen molar-refractivity contribution < 1.29 is 24.2 Å². The minimum absolute atomic E-state index is 0.0641. The van der Waals surface area contributed by atoms with E-state index in [0.717, 1.165) is 24.1 Å². The molecule has 2 aromatic rings. The number of rotatable bonds is 4. The first-order valence-corrected chi connectivity index (χ1v) is 11.1. The Bertz CT molecular complexity index is 1100. The quantitative estimate of drug-likeness (QED) is 0.766. The topological polar surface area (TPSA) is 88.1 Å². The lowest BCUT2D eigenvalue weighted by Gasteiger charge is -2.50. The molecule has 1 saturated heterocycles. The molecule has 0 radical (unpaired) electrons. The number of carbonyl (C=O) groups excluding carboxylic acids is 2. The summed E-state index contributed by atoms with van der Waals surface area (Å²) in [5.74, 6) is -0.565. The highest BCUT2D eigenvalue weighted by molar-refractivity contribution is 6.08. The highest BCUT2D eigenvalue weighted by Crippen LogP contribution is 2.53. The second-order valence-corrected chi connectivity index (χ2v) is 8.85. The summed E-state index contributed by atoms with van der Waals surface area (Å²) in [6, 6.07) is 10.5. The van der Waals surface area contributed by atoms with Crippen LogP contribution in [0.4, 0.5) is 5.69 Å². The summed E-state index contributed by atoms with van der Waals surface area (Å²) in [7, 11) is 3.18. The Hall–Kier alpha value is -2.90. The maximum Gasteiger partial charge on any atom is 0.261 e. The molecule has 0 saturated carbocycles. The van der Waals surface area contributed by atoms with Gasteiger partial charge in [-0.1, -0.05) is 25.1 Å². The van der Waals surface area contributed by atoms with E-state index in [2.05, 4.69) is 10.2 Å². The number of aliphatic hydroxyl groups is 1. The van der Waals surface area contributed by atoms with E-state index in [9.17, 15) is 14.7 Å². The summed E-state index contributed by atoms with van der Waals surface area (Å²) < 4.78 is 11.0. The van der Waals surface area contributed by atoms with Crippen LogP contribution < -0.4 is 14.8 Å². The monoisotopic (exact) mass is 436 g/mol. The van der Waals surface area contributed by atoms with Crippen molar-refractivity contribution in [3.63, 3.8) is 0 Å². The van der Waals surface area contributed by atoms with Gasteiger partial charge in [-0.25, -0.2) is 0 Å². The molecule has 168 valence electrons. The number of ether oxygens (including phenoxy) is 2. The summed E-state index contributed by atoms with van der Waals surface area (Å²) in [5, 5.41) is 14.8. The Morgan fingerprint density at radius 3 is 2.59 bits per heavy atom. The van der Waals surface area contributed by atoms with Crippen LogP contribution in [-0.2, 0) is 21.6 Å². The van der Waals surface area contributed by atoms with E-state index in [1.165, 1.54) is 0 Å². The van der Waals surface area contributed by atoms with E-state index in [-0.39, 0.29) is 11.7 Å². The molecular formula is C25H28N2O5. The number of anilines is 1. The average molecular weight is 437 g/mol. The number of hydrogen-bond donors (Lipinski definition) is 2. The van der Waals surface area contributed by atoms with Crippen LogP contribution >= 0.6 is 0 Å². The molecule has 4 atom stereocenters. The largest absolute Gasteiger partial charge is 0.493 e. The highest BCUT2D eigenvalue weighted by Gasteiger charge is 2.61. The smallest absolute Gasteiger partial charge is 0.261 e. The van der Waals surface area contributed by atoms with Gasteiger partial charge in [-0.2, -0.15) is 0 Å². The summed E-state index contributed by atoms with van der Waals surface area (Å²) in [6.45, 7) is 3.34. The van der Waals surface area contributed by atoms with Crippen molar-refractivity contribution in [1.29, 1.82) is 0 Å². The molecule has 5 rings (SSSR count). The molecule has 2 N–H and O–H groups in total. The number of carbonyl (C=O) groups is 2. The van der Waals surface area contributed by atoms with Gasteiger partial charge < -0.3 is 19.9 Å². The maximum atomic E-state index is 13.8. The number of nitrogens with zero attached hydrogens (tertiary/aromatic N) is 1. The van der Waals surface area contributed by atoms with Crippen LogP contribution in [0.2, 0.25) is 0 Å². The number of piperidine rings is 1. The number of amides is 1. The minimum Gasteiger partial charge on any atom is -0.493 e. The fraction of sp³-hybridized carbons (Fsp3) is 0.440. The lowest BCUT2D eigenvalue weighted by atomic mass is 9.66. The molecule has 2 aromatic carbocycles. The van der Waals surface area contributed by atoms with Crippen molar-refractivity contribution in [2.75, 3.05) is 32.6 Å². The third-order valence-electron chi connectivity index (χ3n) is 7.38. The molecule has 0 spiro atoms. The number of benzene rings is 2. The molecule has 0 aromatic heterocycles. The van der Waals surface area contributed by atoms with Crippen LogP contribution in [0.15, 0.2) is 36.4 Å². The summed E-state index contributed by atoms with van der Waals surface area (Å²) in [6.07, 6.45) is 1.46. The van der Waals surface area contributed by atoms with Gasteiger partial charge in [0.25, 0.3) is 5.91 Å². The number of hydrogen-bond acceptors (Lipinski definition) is 6. The van der Waals surface area contributed by atoms with Gasteiger partial charge in [0.2, 0.25) is 0 Å². The molecular weight excluding hydrogens is 408 g/mol. The molecule has 0 bridgehead atoms. The Morgan fingerprint density at radius 2 is 1.88 bits per heavy atom. The summed E-state index contributed by atoms with van der Waals surface area (Å²) >= 11 is 0. The first-order chi connectivity index (χ1) is 15.4. The predicted molar refractivity (Wildman–Crippen MR) is 119 cm³/mol. The highest BCUT2D eigenvalue weighted by atomic mass is 16.5.